The molecule has 2 fully saturated rings. The summed E-state index contributed by atoms with van der Waals surface area (Å²) in [6.45, 7) is 12.0. The maximum absolute atomic E-state index is 6.33. The Morgan fingerprint density at radius 3 is 2.57 bits per heavy atom. The standard InChI is InChI=1S/C18H35NO2/c1-5-19-16-10-9-14(18(2,3)4)12-17(16)21-13-15-8-6-7-11-20-15/h14-17,19H,5-13H2,1-4H3. The van der Waals surface area contributed by atoms with Crippen LogP contribution in [0.5, 0.6) is 0 Å². The van der Waals surface area contributed by atoms with Crippen LogP contribution in [-0.4, -0.2) is 38.0 Å². The monoisotopic (exact) mass is 297 g/mol. The van der Waals surface area contributed by atoms with Crippen molar-refractivity contribution in [2.24, 2.45) is 11.3 Å². The molecule has 1 aliphatic heterocycles. The molecule has 1 saturated heterocycles. The Morgan fingerprint density at radius 2 is 1.95 bits per heavy atom. The van der Waals surface area contributed by atoms with Gasteiger partial charge in [-0.15, -0.1) is 0 Å². The van der Waals surface area contributed by atoms with E-state index in [1.54, 1.807) is 0 Å². The van der Waals surface area contributed by atoms with Crippen LogP contribution in [0.15, 0.2) is 0 Å². The second-order valence-corrected chi connectivity index (χ2v) is 7.90. The van der Waals surface area contributed by atoms with Gasteiger partial charge in [0.25, 0.3) is 0 Å². The second-order valence-electron chi connectivity index (χ2n) is 7.90. The van der Waals surface area contributed by atoms with Gasteiger partial charge in [0.1, 0.15) is 0 Å². The van der Waals surface area contributed by atoms with Crippen molar-refractivity contribution in [3.63, 3.8) is 0 Å². The molecule has 124 valence electrons. The molecular weight excluding hydrogens is 262 g/mol. The minimum absolute atomic E-state index is 0.330. The first kappa shape index (κ1) is 17.2. The third-order valence-electron chi connectivity index (χ3n) is 5.25. The number of rotatable bonds is 5. The van der Waals surface area contributed by atoms with Crippen LogP contribution in [0, 0.1) is 11.3 Å². The first-order valence-corrected chi connectivity index (χ1v) is 8.97. The highest BCUT2D eigenvalue weighted by Gasteiger charge is 2.36. The fraction of sp³-hybridized carbons (Fsp3) is 1.00. The summed E-state index contributed by atoms with van der Waals surface area (Å²) in [5, 5.41) is 3.63. The zero-order chi connectivity index (χ0) is 15.3. The van der Waals surface area contributed by atoms with Crippen molar-refractivity contribution in [1.29, 1.82) is 0 Å². The molecule has 4 atom stereocenters. The maximum Gasteiger partial charge on any atom is 0.0808 e. The van der Waals surface area contributed by atoms with Crippen molar-refractivity contribution < 1.29 is 9.47 Å². The van der Waals surface area contributed by atoms with Gasteiger partial charge in [-0.1, -0.05) is 27.7 Å². The summed E-state index contributed by atoms with van der Waals surface area (Å²) in [5.41, 5.74) is 0.389. The first-order chi connectivity index (χ1) is 10.0. The predicted molar refractivity (Wildman–Crippen MR) is 87.6 cm³/mol. The highest BCUT2D eigenvalue weighted by atomic mass is 16.5. The van der Waals surface area contributed by atoms with E-state index in [1.807, 2.05) is 0 Å². The molecule has 0 bridgehead atoms. The Morgan fingerprint density at radius 1 is 1.14 bits per heavy atom. The zero-order valence-corrected chi connectivity index (χ0v) is 14.5. The summed E-state index contributed by atoms with van der Waals surface area (Å²) in [7, 11) is 0. The van der Waals surface area contributed by atoms with Crippen LogP contribution in [0.3, 0.4) is 0 Å². The molecule has 2 rings (SSSR count). The number of hydrogen-bond donors (Lipinski definition) is 1. The smallest absolute Gasteiger partial charge is 0.0808 e. The number of nitrogens with one attached hydrogen (secondary N) is 1. The number of hydrogen-bond acceptors (Lipinski definition) is 3. The van der Waals surface area contributed by atoms with Crippen LogP contribution in [0.1, 0.15) is 66.2 Å². The van der Waals surface area contributed by atoms with Gasteiger partial charge in [0, 0.05) is 12.6 Å². The van der Waals surface area contributed by atoms with Gasteiger partial charge in [-0.2, -0.15) is 0 Å². The molecular formula is C18H35NO2. The van der Waals surface area contributed by atoms with Crippen LogP contribution >= 0.6 is 0 Å². The third kappa shape index (κ3) is 5.22. The van der Waals surface area contributed by atoms with Gasteiger partial charge in [-0.05, 0) is 56.4 Å². The van der Waals surface area contributed by atoms with E-state index in [0.717, 1.165) is 25.7 Å². The van der Waals surface area contributed by atoms with Crippen molar-refractivity contribution in [2.75, 3.05) is 19.8 Å². The lowest BCUT2D eigenvalue weighted by atomic mass is 9.70. The molecule has 0 amide bonds. The van der Waals surface area contributed by atoms with Gasteiger partial charge >= 0.3 is 0 Å². The van der Waals surface area contributed by atoms with E-state index < -0.39 is 0 Å². The summed E-state index contributed by atoms with van der Waals surface area (Å²) in [4.78, 5) is 0. The van der Waals surface area contributed by atoms with Gasteiger partial charge in [0.05, 0.1) is 18.8 Å². The van der Waals surface area contributed by atoms with Gasteiger partial charge in [-0.25, -0.2) is 0 Å². The number of ether oxygens (including phenoxy) is 2. The largest absolute Gasteiger partial charge is 0.376 e. The lowest BCUT2D eigenvalue weighted by Gasteiger charge is -2.42. The molecule has 21 heavy (non-hydrogen) atoms. The summed E-state index contributed by atoms with van der Waals surface area (Å²) in [6.07, 6.45) is 8.11. The van der Waals surface area contributed by atoms with E-state index in [2.05, 4.69) is 33.0 Å². The fourth-order valence-electron chi connectivity index (χ4n) is 3.77. The predicted octanol–water partition coefficient (Wildman–Crippen LogP) is 3.77. The van der Waals surface area contributed by atoms with Crippen LogP contribution < -0.4 is 5.32 Å². The van der Waals surface area contributed by atoms with Crippen molar-refractivity contribution in [2.45, 2.75) is 84.5 Å². The van der Waals surface area contributed by atoms with Crippen LogP contribution in [0.4, 0.5) is 0 Å². The van der Waals surface area contributed by atoms with Gasteiger partial charge in [0.15, 0.2) is 0 Å². The molecule has 0 spiro atoms. The zero-order valence-electron chi connectivity index (χ0n) is 14.5. The van der Waals surface area contributed by atoms with E-state index in [4.69, 9.17) is 9.47 Å². The molecule has 0 radical (unpaired) electrons. The fourth-order valence-corrected chi connectivity index (χ4v) is 3.77. The van der Waals surface area contributed by atoms with Gasteiger partial charge < -0.3 is 14.8 Å². The molecule has 0 aromatic heterocycles. The molecule has 1 aliphatic carbocycles. The Labute approximate surface area is 131 Å². The van der Waals surface area contributed by atoms with Crippen molar-refractivity contribution in [3.05, 3.63) is 0 Å². The second kappa shape index (κ2) is 7.94. The average molecular weight is 297 g/mol. The molecule has 3 heteroatoms. The molecule has 2 aliphatic rings. The van der Waals surface area contributed by atoms with Crippen LogP contribution in [0.25, 0.3) is 0 Å². The van der Waals surface area contributed by atoms with E-state index in [0.29, 0.717) is 23.7 Å². The Bertz CT molecular complexity index is 294. The summed E-state index contributed by atoms with van der Waals surface area (Å²) in [5.74, 6) is 0.768. The lowest BCUT2D eigenvalue weighted by molar-refractivity contribution is -0.0888. The Hall–Kier alpha value is -0.120. The highest BCUT2D eigenvalue weighted by Crippen LogP contribution is 2.39. The number of likely N-dealkylation sites (N-methyl/N-ethyl adjacent to an activating group) is 1. The van der Waals surface area contributed by atoms with E-state index in [-0.39, 0.29) is 0 Å². The lowest BCUT2D eigenvalue weighted by Crippen LogP contribution is -2.48. The Balaban J connectivity index is 1.87. The van der Waals surface area contributed by atoms with Crippen LogP contribution in [0.2, 0.25) is 0 Å². The third-order valence-corrected chi connectivity index (χ3v) is 5.25. The normalized spacial score (nSPS) is 34.9. The summed E-state index contributed by atoms with van der Waals surface area (Å²) >= 11 is 0. The van der Waals surface area contributed by atoms with Crippen molar-refractivity contribution in [3.8, 4) is 0 Å². The molecule has 4 unspecified atom stereocenters. The highest BCUT2D eigenvalue weighted by molar-refractivity contribution is 4.90. The topological polar surface area (TPSA) is 30.5 Å². The molecule has 1 saturated carbocycles. The summed E-state index contributed by atoms with van der Waals surface area (Å²) < 4.78 is 12.1. The SMILES string of the molecule is CCNC1CCC(C(C)(C)C)CC1OCC1CCCCO1. The molecule has 1 heterocycles. The van der Waals surface area contributed by atoms with E-state index in [9.17, 15) is 0 Å². The molecule has 0 aromatic rings. The quantitative estimate of drug-likeness (QED) is 0.838. The molecule has 0 aromatic carbocycles. The average Bonchev–Trinajstić information content (AvgIpc) is 2.46. The van der Waals surface area contributed by atoms with Crippen LogP contribution in [-0.2, 0) is 9.47 Å². The van der Waals surface area contributed by atoms with E-state index in [1.165, 1.54) is 38.5 Å². The Kier molecular flexibility index (Phi) is 6.51. The van der Waals surface area contributed by atoms with Gasteiger partial charge in [0.2, 0.25) is 0 Å². The molecule has 3 nitrogen and oxygen atoms in total. The van der Waals surface area contributed by atoms with E-state index >= 15 is 0 Å². The van der Waals surface area contributed by atoms with Crippen molar-refractivity contribution >= 4 is 0 Å². The first-order valence-electron chi connectivity index (χ1n) is 8.97. The van der Waals surface area contributed by atoms with Gasteiger partial charge in [-0.3, -0.25) is 0 Å². The maximum atomic E-state index is 6.33. The molecule has 1 N–H and O–H groups in total. The van der Waals surface area contributed by atoms with Crippen molar-refractivity contribution in [1.82, 2.24) is 5.32 Å². The minimum atomic E-state index is 0.330. The minimum Gasteiger partial charge on any atom is -0.376 e. The summed E-state index contributed by atoms with van der Waals surface area (Å²) in [6, 6.07) is 0.525.